The van der Waals surface area contributed by atoms with Gasteiger partial charge >= 0.3 is 0 Å². The lowest BCUT2D eigenvalue weighted by Gasteiger charge is -2.17. The minimum Gasteiger partial charge on any atom is -0.328 e. The summed E-state index contributed by atoms with van der Waals surface area (Å²) >= 11 is 6.18. The van der Waals surface area contributed by atoms with E-state index in [0.29, 0.717) is 32.9 Å². The van der Waals surface area contributed by atoms with E-state index in [0.717, 1.165) is 5.39 Å². The van der Waals surface area contributed by atoms with Crippen LogP contribution in [0.2, 0.25) is 5.02 Å². The van der Waals surface area contributed by atoms with Crippen LogP contribution in [-0.4, -0.2) is 25.6 Å². The van der Waals surface area contributed by atoms with Crippen molar-refractivity contribution >= 4 is 28.4 Å². The predicted molar refractivity (Wildman–Crippen MR) is 109 cm³/mol. The zero-order valence-corrected chi connectivity index (χ0v) is 16.6. The number of carbonyl (C=O) groups is 1. The van der Waals surface area contributed by atoms with Gasteiger partial charge in [-0.05, 0) is 47.5 Å². The van der Waals surface area contributed by atoms with Gasteiger partial charge in [-0.15, -0.1) is 0 Å². The highest BCUT2D eigenvalue weighted by Crippen LogP contribution is 2.34. The summed E-state index contributed by atoms with van der Waals surface area (Å²) in [6.07, 6.45) is 3.37. The van der Waals surface area contributed by atoms with Crippen molar-refractivity contribution < 1.29 is 13.6 Å². The number of aromatic nitrogens is 3. The highest BCUT2D eigenvalue weighted by molar-refractivity contribution is 6.31. The Kier molecular flexibility index (Phi) is 4.29. The fourth-order valence-corrected chi connectivity index (χ4v) is 4.07. The fraction of sp³-hybridized carbons (Fsp3) is 0.136. The minimum atomic E-state index is -0.723. The van der Waals surface area contributed by atoms with E-state index < -0.39 is 11.6 Å². The molecule has 0 N–H and O–H groups in total. The van der Waals surface area contributed by atoms with Gasteiger partial charge in [0.1, 0.15) is 11.6 Å². The Balaban J connectivity index is 1.52. The van der Waals surface area contributed by atoms with E-state index in [2.05, 4.69) is 10.1 Å². The van der Waals surface area contributed by atoms with E-state index in [1.54, 1.807) is 48.4 Å². The number of pyridine rings is 1. The first-order valence-electron chi connectivity index (χ1n) is 9.25. The van der Waals surface area contributed by atoms with Crippen LogP contribution in [0.5, 0.6) is 0 Å². The summed E-state index contributed by atoms with van der Waals surface area (Å²) in [4.78, 5) is 18.1. The van der Waals surface area contributed by atoms with Crippen molar-refractivity contribution in [1.29, 1.82) is 0 Å². The Labute approximate surface area is 175 Å². The normalized spacial score (nSPS) is 13.3. The number of aryl methyl sites for hydroxylation is 1. The largest absolute Gasteiger partial charge is 0.328 e. The highest BCUT2D eigenvalue weighted by atomic mass is 35.5. The number of fused-ring (bicyclic) bond motifs is 2. The van der Waals surface area contributed by atoms with Crippen molar-refractivity contribution in [3.05, 3.63) is 82.3 Å². The number of benzene rings is 2. The van der Waals surface area contributed by atoms with E-state index in [1.807, 2.05) is 0 Å². The van der Waals surface area contributed by atoms with Gasteiger partial charge in [0.25, 0.3) is 5.91 Å². The predicted octanol–water partition coefficient (Wildman–Crippen LogP) is 4.72. The SMILES string of the molecule is Cn1cc2c(-c3cc(F)c(CN4Cc5ncccc5C4=O)c(F)c3)cc(Cl)cc2n1. The quantitative estimate of drug-likeness (QED) is 0.478. The van der Waals surface area contributed by atoms with Crippen LogP contribution in [0, 0.1) is 11.6 Å². The van der Waals surface area contributed by atoms with Crippen LogP contribution in [0.4, 0.5) is 8.78 Å². The maximum atomic E-state index is 15.0. The molecule has 0 fully saturated rings. The van der Waals surface area contributed by atoms with Crippen LogP contribution in [0.3, 0.4) is 0 Å². The summed E-state index contributed by atoms with van der Waals surface area (Å²) in [6, 6.07) is 9.22. The molecule has 1 aliphatic heterocycles. The molecule has 0 radical (unpaired) electrons. The monoisotopic (exact) mass is 424 g/mol. The molecular weight excluding hydrogens is 410 g/mol. The number of hydrogen-bond acceptors (Lipinski definition) is 3. The average Bonchev–Trinajstić information content (AvgIpc) is 3.23. The summed E-state index contributed by atoms with van der Waals surface area (Å²) in [5.41, 5.74) is 2.49. The third-order valence-corrected chi connectivity index (χ3v) is 5.47. The van der Waals surface area contributed by atoms with Gasteiger partial charge in [0, 0.05) is 35.4 Å². The van der Waals surface area contributed by atoms with Gasteiger partial charge in [0.05, 0.1) is 29.9 Å². The fourth-order valence-electron chi connectivity index (χ4n) is 3.86. The Morgan fingerprint density at radius 3 is 2.63 bits per heavy atom. The van der Waals surface area contributed by atoms with E-state index >= 15 is 0 Å². The van der Waals surface area contributed by atoms with E-state index in [4.69, 9.17) is 11.6 Å². The standard InChI is InChI=1S/C22H15ClF2N4O/c1-28-9-16-15(7-13(23)8-20(16)27-28)12-5-18(24)17(19(25)6-12)10-29-11-21-14(22(29)30)3-2-4-26-21/h2-9H,10-11H2,1H3. The number of carbonyl (C=O) groups excluding carboxylic acids is 1. The summed E-state index contributed by atoms with van der Waals surface area (Å²) < 4.78 is 31.6. The minimum absolute atomic E-state index is 0.163. The molecule has 1 aliphatic rings. The molecule has 8 heteroatoms. The number of hydrogen-bond donors (Lipinski definition) is 0. The van der Waals surface area contributed by atoms with Gasteiger partial charge in [0.15, 0.2) is 0 Å². The lowest BCUT2D eigenvalue weighted by molar-refractivity contribution is 0.0763. The van der Waals surface area contributed by atoms with Crippen molar-refractivity contribution in [1.82, 2.24) is 19.7 Å². The molecule has 150 valence electrons. The molecule has 1 amide bonds. The summed E-state index contributed by atoms with van der Waals surface area (Å²) in [5, 5.41) is 5.48. The molecule has 0 saturated heterocycles. The zero-order valence-electron chi connectivity index (χ0n) is 15.9. The topological polar surface area (TPSA) is 51.0 Å². The van der Waals surface area contributed by atoms with Crippen LogP contribution in [0.15, 0.2) is 48.8 Å². The van der Waals surface area contributed by atoms with Gasteiger partial charge in [-0.2, -0.15) is 5.10 Å². The van der Waals surface area contributed by atoms with Gasteiger partial charge in [0.2, 0.25) is 0 Å². The molecule has 4 aromatic rings. The van der Waals surface area contributed by atoms with Crippen molar-refractivity contribution in [2.24, 2.45) is 7.05 Å². The first kappa shape index (κ1) is 18.7. The van der Waals surface area contributed by atoms with E-state index in [9.17, 15) is 13.6 Å². The number of halogens is 3. The van der Waals surface area contributed by atoms with Gasteiger partial charge in [-0.25, -0.2) is 8.78 Å². The highest BCUT2D eigenvalue weighted by Gasteiger charge is 2.29. The molecule has 5 nitrogen and oxygen atoms in total. The second kappa shape index (κ2) is 6.88. The van der Waals surface area contributed by atoms with Crippen molar-refractivity contribution in [2.75, 3.05) is 0 Å². The van der Waals surface area contributed by atoms with Crippen LogP contribution >= 0.6 is 11.6 Å². The first-order valence-corrected chi connectivity index (χ1v) is 9.63. The van der Waals surface area contributed by atoms with Gasteiger partial charge in [-0.3, -0.25) is 14.5 Å². The molecular formula is C22H15ClF2N4O. The molecule has 2 aromatic heterocycles. The van der Waals surface area contributed by atoms with Crippen molar-refractivity contribution in [3.8, 4) is 11.1 Å². The maximum absolute atomic E-state index is 15.0. The molecule has 3 heterocycles. The number of amides is 1. The molecule has 0 saturated carbocycles. The molecule has 5 rings (SSSR count). The van der Waals surface area contributed by atoms with Crippen LogP contribution in [-0.2, 0) is 20.1 Å². The van der Waals surface area contributed by atoms with Crippen LogP contribution in [0.25, 0.3) is 22.0 Å². The lowest BCUT2D eigenvalue weighted by atomic mass is 9.99. The maximum Gasteiger partial charge on any atom is 0.256 e. The molecule has 0 unspecified atom stereocenters. The number of rotatable bonds is 3. The second-order valence-electron chi connectivity index (χ2n) is 7.27. The zero-order chi connectivity index (χ0) is 21.0. The number of nitrogens with zero attached hydrogens (tertiary/aromatic N) is 4. The first-order chi connectivity index (χ1) is 14.4. The molecule has 0 spiro atoms. The molecule has 0 bridgehead atoms. The van der Waals surface area contributed by atoms with Crippen molar-refractivity contribution in [3.63, 3.8) is 0 Å². The molecule has 30 heavy (non-hydrogen) atoms. The van der Waals surface area contributed by atoms with Crippen molar-refractivity contribution in [2.45, 2.75) is 13.1 Å². The third-order valence-electron chi connectivity index (χ3n) is 5.25. The average molecular weight is 425 g/mol. The van der Waals surface area contributed by atoms with Crippen LogP contribution < -0.4 is 0 Å². The van der Waals surface area contributed by atoms with Gasteiger partial charge < -0.3 is 4.90 Å². The molecule has 0 aliphatic carbocycles. The summed E-state index contributed by atoms with van der Waals surface area (Å²) in [6.45, 7) is 0.0469. The Morgan fingerprint density at radius 2 is 1.90 bits per heavy atom. The third kappa shape index (κ3) is 3.02. The Bertz CT molecular complexity index is 1310. The second-order valence-corrected chi connectivity index (χ2v) is 7.70. The lowest BCUT2D eigenvalue weighted by Crippen LogP contribution is -2.24. The molecule has 2 aromatic carbocycles. The van der Waals surface area contributed by atoms with Gasteiger partial charge in [-0.1, -0.05) is 11.6 Å². The Hall–Kier alpha value is -3.32. The van der Waals surface area contributed by atoms with E-state index in [-0.39, 0.29) is 24.6 Å². The summed E-state index contributed by atoms with van der Waals surface area (Å²) in [7, 11) is 1.77. The summed E-state index contributed by atoms with van der Waals surface area (Å²) in [5.74, 6) is -1.73. The van der Waals surface area contributed by atoms with E-state index in [1.165, 1.54) is 17.0 Å². The van der Waals surface area contributed by atoms with Crippen LogP contribution in [0.1, 0.15) is 21.6 Å². The molecule has 0 atom stereocenters. The Morgan fingerprint density at radius 1 is 1.13 bits per heavy atom. The smallest absolute Gasteiger partial charge is 0.256 e.